The zero-order valence-electron chi connectivity index (χ0n) is 16.3. The third-order valence-electron chi connectivity index (χ3n) is 4.78. The Labute approximate surface area is 182 Å². The van der Waals surface area contributed by atoms with Crippen LogP contribution in [0.4, 0.5) is 15.2 Å². The number of hydrogen-bond donors (Lipinski definition) is 1. The van der Waals surface area contributed by atoms with Gasteiger partial charge in [-0.2, -0.15) is 0 Å². The Morgan fingerprint density at radius 1 is 0.935 bits per heavy atom. The number of ketones is 1. The minimum atomic E-state index is -0.384. The van der Waals surface area contributed by atoms with Gasteiger partial charge < -0.3 is 14.8 Å². The smallest absolute Gasteiger partial charge is 0.205 e. The van der Waals surface area contributed by atoms with E-state index in [-0.39, 0.29) is 11.6 Å². The van der Waals surface area contributed by atoms with E-state index in [9.17, 15) is 9.18 Å². The zero-order valence-corrected chi connectivity index (χ0v) is 17.1. The average Bonchev–Trinajstić information content (AvgIpc) is 3.23. The van der Waals surface area contributed by atoms with Gasteiger partial charge in [-0.25, -0.2) is 9.37 Å². The van der Waals surface area contributed by atoms with Gasteiger partial charge in [0.05, 0.1) is 5.69 Å². The van der Waals surface area contributed by atoms with Crippen molar-refractivity contribution in [3.8, 4) is 22.8 Å². The van der Waals surface area contributed by atoms with E-state index >= 15 is 0 Å². The molecule has 1 aromatic heterocycles. The lowest BCUT2D eigenvalue weighted by Gasteiger charge is -2.18. The van der Waals surface area contributed by atoms with Crippen molar-refractivity contribution >= 4 is 27.9 Å². The van der Waals surface area contributed by atoms with Crippen molar-refractivity contribution in [3.05, 3.63) is 89.1 Å². The summed E-state index contributed by atoms with van der Waals surface area (Å²) < 4.78 is 24.5. The second kappa shape index (κ2) is 8.20. The summed E-state index contributed by atoms with van der Waals surface area (Å²) in [5.74, 6) is 0.781. The van der Waals surface area contributed by atoms with Crippen LogP contribution in [-0.4, -0.2) is 24.0 Å². The number of fused-ring (bicyclic) bond motifs is 1. The molecule has 0 spiro atoms. The third-order valence-corrected chi connectivity index (χ3v) is 5.75. The molecule has 154 valence electrons. The number of carbonyl (C=O) groups excluding carboxylic acids is 1. The lowest BCUT2D eigenvalue weighted by atomic mass is 10.1. The standard InChI is InChI=1S/C24H17FN2O3S/c25-17-8-6-16(7-9-17)22(28)23-21(15-4-2-1-3-5-15)27-24(31-23)26-18-10-11-19-20(14-18)30-13-12-29-19/h1-11,14H,12-13H2,(H,26,27). The van der Waals surface area contributed by atoms with Crippen molar-refractivity contribution in [3.63, 3.8) is 0 Å². The molecular weight excluding hydrogens is 415 g/mol. The Kier molecular flexibility index (Phi) is 5.09. The van der Waals surface area contributed by atoms with Crippen LogP contribution in [0.3, 0.4) is 0 Å². The van der Waals surface area contributed by atoms with Gasteiger partial charge in [0, 0.05) is 22.9 Å². The molecule has 2 heterocycles. The van der Waals surface area contributed by atoms with E-state index in [0.29, 0.717) is 46.0 Å². The van der Waals surface area contributed by atoms with Gasteiger partial charge >= 0.3 is 0 Å². The number of rotatable bonds is 5. The largest absolute Gasteiger partial charge is 0.486 e. The SMILES string of the molecule is O=C(c1ccc(F)cc1)c1sc(Nc2ccc3c(c2)OCCO3)nc1-c1ccccc1. The highest BCUT2D eigenvalue weighted by Crippen LogP contribution is 2.37. The highest BCUT2D eigenvalue weighted by atomic mass is 32.1. The maximum absolute atomic E-state index is 13.3. The number of nitrogens with zero attached hydrogens (tertiary/aromatic N) is 1. The third kappa shape index (κ3) is 4.00. The Hall–Kier alpha value is -3.71. The van der Waals surface area contributed by atoms with Crippen LogP contribution in [0.2, 0.25) is 0 Å². The molecule has 1 aliphatic rings. The van der Waals surface area contributed by atoms with Gasteiger partial charge in [0.25, 0.3) is 0 Å². The molecule has 4 aromatic rings. The van der Waals surface area contributed by atoms with Crippen molar-refractivity contribution in [1.82, 2.24) is 4.98 Å². The predicted octanol–water partition coefficient (Wildman–Crippen LogP) is 5.70. The van der Waals surface area contributed by atoms with Crippen molar-refractivity contribution in [2.24, 2.45) is 0 Å². The number of ether oxygens (including phenoxy) is 2. The predicted molar refractivity (Wildman–Crippen MR) is 118 cm³/mol. The fourth-order valence-corrected chi connectivity index (χ4v) is 4.27. The maximum atomic E-state index is 13.3. The van der Waals surface area contributed by atoms with E-state index in [0.717, 1.165) is 11.3 Å². The molecule has 0 saturated heterocycles. The van der Waals surface area contributed by atoms with Crippen LogP contribution in [0.25, 0.3) is 11.3 Å². The summed E-state index contributed by atoms with van der Waals surface area (Å²) in [6, 6.07) is 20.6. The van der Waals surface area contributed by atoms with Crippen LogP contribution in [0, 0.1) is 5.82 Å². The molecular formula is C24H17FN2O3S. The van der Waals surface area contributed by atoms with Gasteiger partial charge in [0.1, 0.15) is 23.9 Å². The molecule has 5 rings (SSSR count). The van der Waals surface area contributed by atoms with Crippen LogP contribution in [0.1, 0.15) is 15.2 Å². The first-order chi connectivity index (χ1) is 15.2. The van der Waals surface area contributed by atoms with Gasteiger partial charge in [-0.3, -0.25) is 4.79 Å². The first kappa shape index (κ1) is 19.3. The van der Waals surface area contributed by atoms with E-state index in [1.165, 1.54) is 35.6 Å². The Morgan fingerprint density at radius 2 is 1.68 bits per heavy atom. The zero-order chi connectivity index (χ0) is 21.2. The quantitative estimate of drug-likeness (QED) is 0.410. The van der Waals surface area contributed by atoms with Gasteiger partial charge in [0.15, 0.2) is 16.6 Å². The second-order valence-corrected chi connectivity index (χ2v) is 7.88. The van der Waals surface area contributed by atoms with Crippen LogP contribution >= 0.6 is 11.3 Å². The van der Waals surface area contributed by atoms with Crippen LogP contribution < -0.4 is 14.8 Å². The van der Waals surface area contributed by atoms with E-state index in [1.807, 2.05) is 48.5 Å². The Bertz CT molecular complexity index is 1240. The van der Waals surface area contributed by atoms with Gasteiger partial charge in [-0.15, -0.1) is 0 Å². The first-order valence-corrected chi connectivity index (χ1v) is 10.5. The highest BCUT2D eigenvalue weighted by molar-refractivity contribution is 7.18. The number of thiazole rings is 1. The lowest BCUT2D eigenvalue weighted by molar-refractivity contribution is 0.104. The number of aromatic nitrogens is 1. The first-order valence-electron chi connectivity index (χ1n) is 9.70. The summed E-state index contributed by atoms with van der Waals surface area (Å²) in [6.07, 6.45) is 0. The summed E-state index contributed by atoms with van der Waals surface area (Å²) >= 11 is 1.26. The van der Waals surface area contributed by atoms with E-state index in [2.05, 4.69) is 5.32 Å². The van der Waals surface area contributed by atoms with Crippen LogP contribution in [-0.2, 0) is 0 Å². The summed E-state index contributed by atoms with van der Waals surface area (Å²) in [6.45, 7) is 1.03. The summed E-state index contributed by atoms with van der Waals surface area (Å²) in [7, 11) is 0. The van der Waals surface area contributed by atoms with Crippen molar-refractivity contribution < 1.29 is 18.7 Å². The molecule has 0 unspecified atom stereocenters. The number of carbonyl (C=O) groups is 1. The van der Waals surface area contributed by atoms with E-state index in [1.54, 1.807) is 0 Å². The number of nitrogens with one attached hydrogen (secondary N) is 1. The summed E-state index contributed by atoms with van der Waals surface area (Å²) in [5, 5.41) is 3.83. The Morgan fingerprint density at radius 3 is 2.45 bits per heavy atom. The number of benzene rings is 3. The molecule has 0 aliphatic carbocycles. The monoisotopic (exact) mass is 432 g/mol. The maximum Gasteiger partial charge on any atom is 0.205 e. The van der Waals surface area contributed by atoms with Crippen LogP contribution in [0.15, 0.2) is 72.8 Å². The molecule has 0 amide bonds. The molecule has 0 bridgehead atoms. The molecule has 0 atom stereocenters. The van der Waals surface area contributed by atoms with Crippen LogP contribution in [0.5, 0.6) is 11.5 Å². The van der Waals surface area contributed by atoms with E-state index < -0.39 is 0 Å². The molecule has 7 heteroatoms. The minimum absolute atomic E-state index is 0.202. The van der Waals surface area contributed by atoms with Gasteiger partial charge in [-0.05, 0) is 36.4 Å². The van der Waals surface area contributed by atoms with Gasteiger partial charge in [-0.1, -0.05) is 41.7 Å². The number of halogens is 1. The second-order valence-electron chi connectivity index (χ2n) is 6.88. The summed E-state index contributed by atoms with van der Waals surface area (Å²) in [4.78, 5) is 18.4. The molecule has 1 aliphatic heterocycles. The number of anilines is 2. The molecule has 31 heavy (non-hydrogen) atoms. The fraction of sp³-hybridized carbons (Fsp3) is 0.0833. The Balaban J connectivity index is 1.52. The molecule has 0 fully saturated rings. The normalized spacial score (nSPS) is 12.4. The topological polar surface area (TPSA) is 60.5 Å². The van der Waals surface area contributed by atoms with E-state index in [4.69, 9.17) is 14.5 Å². The molecule has 0 radical (unpaired) electrons. The van der Waals surface area contributed by atoms with Crippen molar-refractivity contribution in [2.45, 2.75) is 0 Å². The average molecular weight is 432 g/mol. The molecule has 0 saturated carbocycles. The molecule has 1 N–H and O–H groups in total. The lowest BCUT2D eigenvalue weighted by Crippen LogP contribution is -2.15. The fourth-order valence-electron chi connectivity index (χ4n) is 3.30. The minimum Gasteiger partial charge on any atom is -0.486 e. The molecule has 3 aromatic carbocycles. The number of hydrogen-bond acceptors (Lipinski definition) is 6. The highest BCUT2D eigenvalue weighted by Gasteiger charge is 2.21. The summed E-state index contributed by atoms with van der Waals surface area (Å²) in [5.41, 5.74) is 2.60. The van der Waals surface area contributed by atoms with Crippen molar-refractivity contribution in [2.75, 3.05) is 18.5 Å². The molecule has 5 nitrogen and oxygen atoms in total. The van der Waals surface area contributed by atoms with Crippen molar-refractivity contribution in [1.29, 1.82) is 0 Å². The van der Waals surface area contributed by atoms with Gasteiger partial charge in [0.2, 0.25) is 5.78 Å².